The molecule has 0 amide bonds. The maximum absolute atomic E-state index is 2.35. The molecule has 0 aromatic carbocycles. The molecule has 0 heterocycles. The average molecular weight is 239 g/mol. The Morgan fingerprint density at radius 3 is 2.44 bits per heavy atom. The van der Waals surface area contributed by atoms with Crippen molar-refractivity contribution in [1.29, 1.82) is 0 Å². The number of halogens is 1. The summed E-state index contributed by atoms with van der Waals surface area (Å²) in [7, 11) is 0. The first-order valence-corrected chi connectivity index (χ1v) is 6.78. The van der Waals surface area contributed by atoms with E-state index in [0.717, 1.165) is 0 Å². The molecule has 1 fully saturated rings. The molecule has 0 spiro atoms. The van der Waals surface area contributed by atoms with Crippen LogP contribution in [0.1, 0.15) is 39.0 Å². The van der Waals surface area contributed by atoms with Crippen molar-refractivity contribution >= 4 is 0 Å². The van der Waals surface area contributed by atoms with Crippen molar-refractivity contribution in [2.75, 3.05) is 4.43 Å². The maximum atomic E-state index is 2.35. The SMILES string of the molecule is CC[I-]C1CCCCC1. The summed E-state index contributed by atoms with van der Waals surface area (Å²) in [4.78, 5) is 0. The van der Waals surface area contributed by atoms with Crippen LogP contribution in [0.15, 0.2) is 0 Å². The van der Waals surface area contributed by atoms with Gasteiger partial charge in [0.2, 0.25) is 0 Å². The Hall–Kier alpha value is 0.730. The molecule has 0 saturated heterocycles. The Morgan fingerprint density at radius 2 is 1.89 bits per heavy atom. The first-order valence-electron chi connectivity index (χ1n) is 4.01. The molecule has 1 rings (SSSR count). The van der Waals surface area contributed by atoms with Gasteiger partial charge in [-0.25, -0.2) is 0 Å². The van der Waals surface area contributed by atoms with Crippen molar-refractivity contribution in [3.8, 4) is 0 Å². The van der Waals surface area contributed by atoms with Crippen LogP contribution in [-0.4, -0.2) is 8.35 Å². The zero-order valence-corrected chi connectivity index (χ0v) is 8.36. The van der Waals surface area contributed by atoms with Crippen LogP contribution < -0.4 is 21.2 Å². The van der Waals surface area contributed by atoms with E-state index in [2.05, 4.69) is 6.92 Å². The van der Waals surface area contributed by atoms with Crippen LogP contribution in [0.2, 0.25) is 0 Å². The number of rotatable bonds is 2. The Kier molecular flexibility index (Phi) is 3.94. The van der Waals surface area contributed by atoms with E-state index in [4.69, 9.17) is 0 Å². The van der Waals surface area contributed by atoms with Gasteiger partial charge in [0.1, 0.15) is 0 Å². The van der Waals surface area contributed by atoms with E-state index in [1.54, 1.807) is 12.8 Å². The van der Waals surface area contributed by atoms with Crippen molar-refractivity contribution in [1.82, 2.24) is 0 Å². The van der Waals surface area contributed by atoms with Crippen LogP contribution in [0.4, 0.5) is 0 Å². The zero-order chi connectivity index (χ0) is 6.53. The van der Waals surface area contributed by atoms with E-state index >= 15 is 0 Å². The standard InChI is InChI=1S/C8H16I/c1-2-9-8-6-4-3-5-7-8/h8H,2-7H2,1H3/q-1. The third-order valence-electron chi connectivity index (χ3n) is 1.91. The molecular formula is C8H16I-. The van der Waals surface area contributed by atoms with Crippen molar-refractivity contribution in [3.63, 3.8) is 0 Å². The van der Waals surface area contributed by atoms with Crippen molar-refractivity contribution in [2.24, 2.45) is 0 Å². The molecule has 0 nitrogen and oxygen atoms in total. The normalized spacial score (nSPS) is 22.8. The third kappa shape index (κ3) is 2.87. The van der Waals surface area contributed by atoms with E-state index in [-0.39, 0.29) is 0 Å². The molecular weight excluding hydrogens is 223 g/mol. The van der Waals surface area contributed by atoms with Gasteiger partial charge >= 0.3 is 68.6 Å². The van der Waals surface area contributed by atoms with Gasteiger partial charge in [0.25, 0.3) is 0 Å². The van der Waals surface area contributed by atoms with Crippen molar-refractivity contribution in [3.05, 3.63) is 0 Å². The van der Waals surface area contributed by atoms with E-state index in [9.17, 15) is 0 Å². The molecule has 1 aliphatic carbocycles. The van der Waals surface area contributed by atoms with Gasteiger partial charge in [0, 0.05) is 0 Å². The molecule has 1 aliphatic rings. The van der Waals surface area contributed by atoms with E-state index in [1.165, 1.54) is 27.6 Å². The van der Waals surface area contributed by atoms with Gasteiger partial charge in [-0.3, -0.25) is 0 Å². The summed E-state index contributed by atoms with van der Waals surface area (Å²) in [6.07, 6.45) is 7.72. The van der Waals surface area contributed by atoms with E-state index in [0.29, 0.717) is 21.2 Å². The van der Waals surface area contributed by atoms with E-state index in [1.807, 2.05) is 0 Å². The number of hydrogen-bond acceptors (Lipinski definition) is 0. The quantitative estimate of drug-likeness (QED) is 0.447. The summed E-state index contributed by atoms with van der Waals surface area (Å²) in [5, 5.41) is 0. The average Bonchev–Trinajstić information content (AvgIpc) is 1.91. The van der Waals surface area contributed by atoms with Gasteiger partial charge in [-0.05, 0) is 0 Å². The molecule has 1 saturated carbocycles. The molecule has 0 aromatic rings. The summed E-state index contributed by atoms with van der Waals surface area (Å²) in [5.74, 6) is 0. The van der Waals surface area contributed by atoms with Gasteiger partial charge in [-0.1, -0.05) is 0 Å². The van der Waals surface area contributed by atoms with Crippen LogP contribution in [0.25, 0.3) is 0 Å². The summed E-state index contributed by atoms with van der Waals surface area (Å²) in [6, 6.07) is 0. The van der Waals surface area contributed by atoms with Gasteiger partial charge in [-0.15, -0.1) is 0 Å². The zero-order valence-electron chi connectivity index (χ0n) is 6.20. The number of hydrogen-bond donors (Lipinski definition) is 0. The van der Waals surface area contributed by atoms with Crippen LogP contribution in [0.3, 0.4) is 0 Å². The first kappa shape index (κ1) is 7.83. The fraction of sp³-hybridized carbons (Fsp3) is 1.00. The Morgan fingerprint density at radius 1 is 1.22 bits per heavy atom. The molecule has 0 radical (unpaired) electrons. The molecule has 0 aromatic heterocycles. The monoisotopic (exact) mass is 239 g/mol. The Balaban J connectivity index is 2.08. The van der Waals surface area contributed by atoms with Gasteiger partial charge in [0.05, 0.1) is 0 Å². The Bertz CT molecular complexity index is 62.2. The Labute approximate surface area is 68.7 Å². The number of alkyl halides is 2. The third-order valence-corrected chi connectivity index (χ3v) is 5.28. The van der Waals surface area contributed by atoms with Crippen molar-refractivity contribution in [2.45, 2.75) is 43.0 Å². The van der Waals surface area contributed by atoms with Crippen molar-refractivity contribution < 1.29 is 21.2 Å². The van der Waals surface area contributed by atoms with Gasteiger partial charge in [0.15, 0.2) is 0 Å². The minimum atomic E-state index is 0.607. The topological polar surface area (TPSA) is 0 Å². The first-order chi connectivity index (χ1) is 4.43. The fourth-order valence-corrected chi connectivity index (χ4v) is 4.43. The van der Waals surface area contributed by atoms with Crippen LogP contribution in [0.5, 0.6) is 0 Å². The summed E-state index contributed by atoms with van der Waals surface area (Å²) in [5.41, 5.74) is 0. The predicted octanol–water partition coefficient (Wildman–Crippen LogP) is -0.572. The van der Waals surface area contributed by atoms with E-state index < -0.39 is 0 Å². The molecule has 0 unspecified atom stereocenters. The second-order valence-corrected chi connectivity index (χ2v) is 6.82. The summed E-state index contributed by atoms with van der Waals surface area (Å²) < 4.78 is 2.71. The van der Waals surface area contributed by atoms with Gasteiger partial charge < -0.3 is 0 Å². The van der Waals surface area contributed by atoms with Crippen LogP contribution in [-0.2, 0) is 0 Å². The second kappa shape index (κ2) is 4.53. The summed E-state index contributed by atoms with van der Waals surface area (Å²) >= 11 is 0.607. The molecule has 56 valence electrons. The molecule has 0 aliphatic heterocycles. The molecule has 0 bridgehead atoms. The molecule has 9 heavy (non-hydrogen) atoms. The molecule has 1 heteroatoms. The molecule has 0 N–H and O–H groups in total. The van der Waals surface area contributed by atoms with Gasteiger partial charge in [-0.2, -0.15) is 0 Å². The predicted molar refractivity (Wildman–Crippen MR) is 37.4 cm³/mol. The minimum absolute atomic E-state index is 0.607. The van der Waals surface area contributed by atoms with Crippen LogP contribution in [0, 0.1) is 0 Å². The molecule has 0 atom stereocenters. The summed E-state index contributed by atoms with van der Waals surface area (Å²) in [6.45, 7) is 2.35. The second-order valence-electron chi connectivity index (χ2n) is 2.66. The fourth-order valence-electron chi connectivity index (χ4n) is 1.43. The van der Waals surface area contributed by atoms with Crippen LogP contribution >= 0.6 is 0 Å².